The Kier molecular flexibility index (Phi) is 3.24. The van der Waals surface area contributed by atoms with Crippen molar-refractivity contribution in [1.82, 2.24) is 4.98 Å². The first-order chi connectivity index (χ1) is 7.79. The predicted molar refractivity (Wildman–Crippen MR) is 59.6 cm³/mol. The van der Waals surface area contributed by atoms with Crippen molar-refractivity contribution in [3.63, 3.8) is 0 Å². The van der Waals surface area contributed by atoms with Gasteiger partial charge in [-0.2, -0.15) is 0 Å². The Morgan fingerprint density at radius 3 is 2.88 bits per heavy atom. The highest BCUT2D eigenvalue weighted by molar-refractivity contribution is 5.95. The summed E-state index contributed by atoms with van der Waals surface area (Å²) in [6, 6.07) is 5.24. The third-order valence-electron chi connectivity index (χ3n) is 2.68. The summed E-state index contributed by atoms with van der Waals surface area (Å²) in [4.78, 5) is 4.17. The van der Waals surface area contributed by atoms with E-state index in [2.05, 4.69) is 10.1 Å². The van der Waals surface area contributed by atoms with Crippen LogP contribution in [0, 0.1) is 0 Å². The largest absolute Gasteiger partial charge is 0.474 e. The molecule has 16 heavy (non-hydrogen) atoms. The number of nitrogens with two attached hydrogens (primary N) is 1. The number of pyridine rings is 1. The normalized spacial score (nSPS) is 17.6. The summed E-state index contributed by atoms with van der Waals surface area (Å²) in [6.07, 6.45) is 4.84. The lowest BCUT2D eigenvalue weighted by atomic mass is 10.3. The van der Waals surface area contributed by atoms with Crippen LogP contribution in [0.15, 0.2) is 23.4 Å². The molecule has 1 heterocycles. The molecule has 5 nitrogen and oxygen atoms in total. The molecule has 0 unspecified atom stereocenters. The second kappa shape index (κ2) is 4.83. The van der Waals surface area contributed by atoms with E-state index in [9.17, 15) is 0 Å². The number of aromatic nitrogens is 1. The third-order valence-corrected chi connectivity index (χ3v) is 2.68. The summed E-state index contributed by atoms with van der Waals surface area (Å²) in [7, 11) is 0. The van der Waals surface area contributed by atoms with Gasteiger partial charge in [-0.05, 0) is 31.7 Å². The van der Waals surface area contributed by atoms with E-state index in [1.165, 1.54) is 12.8 Å². The molecule has 1 aliphatic rings. The first-order valence-electron chi connectivity index (χ1n) is 5.41. The molecule has 1 aliphatic carbocycles. The van der Waals surface area contributed by atoms with Crippen LogP contribution in [0.25, 0.3) is 0 Å². The molecule has 1 aromatic heterocycles. The SMILES string of the molecule is NC(=NO)c1cccc(OC2CCCC2)n1. The van der Waals surface area contributed by atoms with E-state index in [1.54, 1.807) is 18.2 Å². The standard InChI is InChI=1S/C11H15N3O2/c12-11(14-15)9-6-3-7-10(13-9)16-8-4-1-2-5-8/h3,6-8,15H,1-2,4-5H2,(H2,12,14). The Hall–Kier alpha value is -1.78. The summed E-state index contributed by atoms with van der Waals surface area (Å²) < 4.78 is 5.71. The number of amidine groups is 1. The maximum Gasteiger partial charge on any atom is 0.214 e. The van der Waals surface area contributed by atoms with Gasteiger partial charge in [-0.3, -0.25) is 0 Å². The van der Waals surface area contributed by atoms with Crippen LogP contribution in [-0.2, 0) is 0 Å². The fourth-order valence-corrected chi connectivity index (χ4v) is 1.85. The lowest BCUT2D eigenvalue weighted by Gasteiger charge is -2.12. The molecule has 0 spiro atoms. The van der Waals surface area contributed by atoms with Crippen molar-refractivity contribution in [2.75, 3.05) is 0 Å². The van der Waals surface area contributed by atoms with Crippen LogP contribution in [0.1, 0.15) is 31.4 Å². The predicted octanol–water partition coefficient (Wildman–Crippen LogP) is 1.50. The average molecular weight is 221 g/mol. The molecule has 0 aliphatic heterocycles. The number of hydrogen-bond donors (Lipinski definition) is 2. The van der Waals surface area contributed by atoms with Crippen molar-refractivity contribution >= 4 is 5.84 Å². The van der Waals surface area contributed by atoms with E-state index >= 15 is 0 Å². The number of ether oxygens (including phenoxy) is 1. The fourth-order valence-electron chi connectivity index (χ4n) is 1.85. The van der Waals surface area contributed by atoms with Crippen molar-refractivity contribution in [1.29, 1.82) is 0 Å². The first kappa shape index (κ1) is 10.7. The summed E-state index contributed by atoms with van der Waals surface area (Å²) in [5.74, 6) is 0.535. The summed E-state index contributed by atoms with van der Waals surface area (Å²) in [5.41, 5.74) is 5.88. The van der Waals surface area contributed by atoms with Gasteiger partial charge in [-0.25, -0.2) is 4.98 Å². The minimum atomic E-state index is -0.00290. The van der Waals surface area contributed by atoms with E-state index in [1.807, 2.05) is 0 Å². The molecule has 0 saturated heterocycles. The molecule has 1 aromatic rings. The van der Waals surface area contributed by atoms with Crippen LogP contribution >= 0.6 is 0 Å². The molecule has 0 bridgehead atoms. The lowest BCUT2D eigenvalue weighted by molar-refractivity contribution is 0.201. The second-order valence-electron chi connectivity index (χ2n) is 3.87. The average Bonchev–Trinajstić information content (AvgIpc) is 2.81. The molecule has 1 fully saturated rings. The van der Waals surface area contributed by atoms with Crippen molar-refractivity contribution in [2.45, 2.75) is 31.8 Å². The van der Waals surface area contributed by atoms with E-state index in [-0.39, 0.29) is 11.9 Å². The summed E-state index contributed by atoms with van der Waals surface area (Å²) >= 11 is 0. The minimum absolute atomic E-state index is 0.00290. The molecule has 3 N–H and O–H groups in total. The van der Waals surface area contributed by atoms with E-state index in [0.29, 0.717) is 11.6 Å². The van der Waals surface area contributed by atoms with Gasteiger partial charge in [0.2, 0.25) is 5.88 Å². The fraction of sp³-hybridized carbons (Fsp3) is 0.455. The van der Waals surface area contributed by atoms with Gasteiger partial charge >= 0.3 is 0 Å². The topological polar surface area (TPSA) is 80.7 Å². The molecule has 2 rings (SSSR count). The first-order valence-corrected chi connectivity index (χ1v) is 5.41. The van der Waals surface area contributed by atoms with Crippen molar-refractivity contribution < 1.29 is 9.94 Å². The van der Waals surface area contributed by atoms with Gasteiger partial charge in [0, 0.05) is 6.07 Å². The molecular weight excluding hydrogens is 206 g/mol. The number of nitrogens with zero attached hydrogens (tertiary/aromatic N) is 2. The highest BCUT2D eigenvalue weighted by Gasteiger charge is 2.17. The van der Waals surface area contributed by atoms with Crippen LogP contribution in [0.4, 0.5) is 0 Å². The van der Waals surface area contributed by atoms with E-state index < -0.39 is 0 Å². The maximum atomic E-state index is 8.55. The van der Waals surface area contributed by atoms with Crippen LogP contribution in [0.2, 0.25) is 0 Å². The summed E-state index contributed by atoms with van der Waals surface area (Å²) in [5, 5.41) is 11.5. The van der Waals surface area contributed by atoms with Crippen LogP contribution in [0.5, 0.6) is 5.88 Å². The zero-order valence-electron chi connectivity index (χ0n) is 8.97. The van der Waals surface area contributed by atoms with Crippen molar-refractivity contribution in [2.24, 2.45) is 10.9 Å². The van der Waals surface area contributed by atoms with Gasteiger partial charge < -0.3 is 15.7 Å². The second-order valence-corrected chi connectivity index (χ2v) is 3.87. The lowest BCUT2D eigenvalue weighted by Crippen LogP contribution is -2.17. The van der Waals surface area contributed by atoms with Crippen molar-refractivity contribution in [3.05, 3.63) is 23.9 Å². The van der Waals surface area contributed by atoms with Crippen LogP contribution in [0.3, 0.4) is 0 Å². The molecule has 1 saturated carbocycles. The highest BCUT2D eigenvalue weighted by Crippen LogP contribution is 2.22. The Bertz CT molecular complexity index is 387. The molecular formula is C11H15N3O2. The molecule has 0 atom stereocenters. The Morgan fingerprint density at radius 2 is 2.19 bits per heavy atom. The van der Waals surface area contributed by atoms with E-state index in [0.717, 1.165) is 12.8 Å². The van der Waals surface area contributed by atoms with Crippen LogP contribution < -0.4 is 10.5 Å². The number of rotatable bonds is 3. The van der Waals surface area contributed by atoms with Gasteiger partial charge in [0.1, 0.15) is 11.8 Å². The third kappa shape index (κ3) is 2.42. The van der Waals surface area contributed by atoms with Gasteiger partial charge in [0.05, 0.1) is 0 Å². The van der Waals surface area contributed by atoms with Gasteiger partial charge in [0.25, 0.3) is 0 Å². The Morgan fingerprint density at radius 1 is 1.44 bits per heavy atom. The summed E-state index contributed by atoms with van der Waals surface area (Å²) in [6.45, 7) is 0. The number of hydrogen-bond acceptors (Lipinski definition) is 4. The Labute approximate surface area is 93.9 Å². The zero-order chi connectivity index (χ0) is 11.4. The Balaban J connectivity index is 2.09. The van der Waals surface area contributed by atoms with E-state index in [4.69, 9.17) is 15.7 Å². The quantitative estimate of drug-likeness (QED) is 0.351. The zero-order valence-corrected chi connectivity index (χ0v) is 8.97. The monoisotopic (exact) mass is 221 g/mol. The van der Waals surface area contributed by atoms with Gasteiger partial charge in [-0.15, -0.1) is 0 Å². The molecule has 86 valence electrons. The van der Waals surface area contributed by atoms with Gasteiger partial charge in [-0.1, -0.05) is 11.2 Å². The highest BCUT2D eigenvalue weighted by atomic mass is 16.5. The molecule has 0 aromatic carbocycles. The molecule has 5 heteroatoms. The van der Waals surface area contributed by atoms with Gasteiger partial charge in [0.15, 0.2) is 5.84 Å². The molecule has 0 amide bonds. The van der Waals surface area contributed by atoms with Crippen molar-refractivity contribution in [3.8, 4) is 5.88 Å². The minimum Gasteiger partial charge on any atom is -0.474 e. The molecule has 0 radical (unpaired) electrons. The smallest absolute Gasteiger partial charge is 0.214 e. The number of oxime groups is 1. The maximum absolute atomic E-state index is 8.55. The van der Waals surface area contributed by atoms with Crippen LogP contribution in [-0.4, -0.2) is 22.1 Å².